The van der Waals surface area contributed by atoms with Gasteiger partial charge in [0.2, 0.25) is 0 Å². The highest BCUT2D eigenvalue weighted by Gasteiger charge is 2.46. The van der Waals surface area contributed by atoms with Gasteiger partial charge in [-0.15, -0.1) is 0 Å². The molecule has 0 aromatic heterocycles. The average molecular weight is 554 g/mol. The zero-order chi connectivity index (χ0) is 27.6. The fourth-order valence-corrected chi connectivity index (χ4v) is 7.08. The van der Waals surface area contributed by atoms with E-state index < -0.39 is 16.0 Å². The Labute approximate surface area is 229 Å². The van der Waals surface area contributed by atoms with Crippen molar-refractivity contribution in [1.82, 2.24) is 5.32 Å². The zero-order valence-electron chi connectivity index (χ0n) is 22.3. The first kappa shape index (κ1) is 26.7. The van der Waals surface area contributed by atoms with Crippen molar-refractivity contribution in [2.45, 2.75) is 71.1 Å². The summed E-state index contributed by atoms with van der Waals surface area (Å²) in [6, 6.07) is 11.2. The Balaban J connectivity index is 1.57. The molecule has 2 aliphatic carbocycles. The Morgan fingerprint density at radius 2 is 1.37 bits per heavy atom. The summed E-state index contributed by atoms with van der Waals surface area (Å²) in [4.78, 5) is 27.0. The van der Waals surface area contributed by atoms with Crippen LogP contribution in [0.1, 0.15) is 70.4 Å². The molecule has 3 aliphatic rings. The van der Waals surface area contributed by atoms with Crippen molar-refractivity contribution in [3.63, 3.8) is 0 Å². The largest absolute Gasteiger partial charge is 0.377 e. The summed E-state index contributed by atoms with van der Waals surface area (Å²) < 4.78 is 31.1. The second-order valence-corrected chi connectivity index (χ2v) is 14.2. The van der Waals surface area contributed by atoms with Crippen LogP contribution in [0.3, 0.4) is 0 Å². The first-order valence-electron chi connectivity index (χ1n) is 12.8. The van der Waals surface area contributed by atoms with E-state index >= 15 is 0 Å². The maximum absolute atomic E-state index is 13.5. The molecule has 1 aliphatic heterocycles. The fourth-order valence-electron chi connectivity index (χ4n) is 5.86. The van der Waals surface area contributed by atoms with E-state index in [1.54, 1.807) is 24.3 Å². The fraction of sp³-hybridized carbons (Fsp3) is 0.400. The van der Waals surface area contributed by atoms with Gasteiger partial charge in [-0.2, -0.15) is 8.42 Å². The van der Waals surface area contributed by atoms with E-state index in [1.165, 1.54) is 18.2 Å². The molecule has 0 saturated heterocycles. The highest BCUT2D eigenvalue weighted by molar-refractivity contribution is 7.87. The van der Waals surface area contributed by atoms with Crippen LogP contribution >= 0.6 is 11.6 Å². The van der Waals surface area contributed by atoms with Crippen molar-refractivity contribution in [3.8, 4) is 5.75 Å². The third kappa shape index (κ3) is 4.94. The smallest absolute Gasteiger partial charge is 0.339 e. The van der Waals surface area contributed by atoms with Crippen molar-refractivity contribution in [1.29, 1.82) is 0 Å². The van der Waals surface area contributed by atoms with Crippen molar-refractivity contribution < 1.29 is 22.2 Å². The number of carbonyl (C=O) groups is 2. The average Bonchev–Trinajstić information content (AvgIpc) is 2.77. The molecule has 0 atom stereocenters. The molecule has 0 saturated carbocycles. The van der Waals surface area contributed by atoms with Crippen LogP contribution in [0, 0.1) is 17.8 Å². The molecule has 0 radical (unpaired) electrons. The summed E-state index contributed by atoms with van der Waals surface area (Å²) in [6.07, 6.45) is 2.16. The van der Waals surface area contributed by atoms with Crippen LogP contribution in [-0.4, -0.2) is 20.0 Å². The number of nitrogens with one attached hydrogen (secondary N) is 1. The Morgan fingerprint density at radius 3 is 1.87 bits per heavy atom. The van der Waals surface area contributed by atoms with Crippen molar-refractivity contribution in [3.05, 3.63) is 81.2 Å². The number of carbonyl (C=O) groups excluding carboxylic acids is 2. The molecular weight excluding hydrogens is 522 g/mol. The molecule has 5 rings (SSSR count). The SMILES string of the molecule is Cc1ccc(S(=O)(=O)Oc2ccc(C3C4=C(CC(C)(C)CC4=O)NC4=C3C(=O)CC(C)(C)C4)cc2Cl)cc1. The maximum atomic E-state index is 13.5. The summed E-state index contributed by atoms with van der Waals surface area (Å²) in [6.45, 7) is 10.2. The van der Waals surface area contributed by atoms with E-state index in [0.29, 0.717) is 42.4 Å². The number of hydrogen-bond acceptors (Lipinski definition) is 6. The molecule has 1 N–H and O–H groups in total. The Kier molecular flexibility index (Phi) is 6.39. The number of rotatable bonds is 4. The summed E-state index contributed by atoms with van der Waals surface area (Å²) in [5, 5.41) is 3.58. The van der Waals surface area contributed by atoms with E-state index in [2.05, 4.69) is 33.0 Å². The summed E-state index contributed by atoms with van der Waals surface area (Å²) in [5.41, 5.74) is 4.13. The van der Waals surface area contributed by atoms with E-state index in [0.717, 1.165) is 17.0 Å². The molecule has 2 aromatic carbocycles. The normalized spacial score (nSPS) is 21.1. The summed E-state index contributed by atoms with van der Waals surface area (Å²) >= 11 is 6.57. The van der Waals surface area contributed by atoms with Gasteiger partial charge in [0.1, 0.15) is 4.90 Å². The van der Waals surface area contributed by atoms with Gasteiger partial charge in [0, 0.05) is 41.3 Å². The monoisotopic (exact) mass is 553 g/mol. The van der Waals surface area contributed by atoms with Crippen LogP contribution in [-0.2, 0) is 19.7 Å². The Bertz CT molecular complexity index is 1480. The molecule has 0 bridgehead atoms. The lowest BCUT2D eigenvalue weighted by molar-refractivity contribution is -0.119. The zero-order valence-corrected chi connectivity index (χ0v) is 23.8. The summed E-state index contributed by atoms with van der Waals surface area (Å²) in [7, 11) is -4.09. The molecule has 0 fully saturated rings. The van der Waals surface area contributed by atoms with Gasteiger partial charge in [0.25, 0.3) is 0 Å². The molecule has 2 aromatic rings. The van der Waals surface area contributed by atoms with Gasteiger partial charge in [0.15, 0.2) is 17.3 Å². The van der Waals surface area contributed by atoms with Gasteiger partial charge in [-0.25, -0.2) is 0 Å². The predicted molar refractivity (Wildman–Crippen MR) is 146 cm³/mol. The molecular formula is C30H32ClNO5S. The van der Waals surface area contributed by atoms with Gasteiger partial charge >= 0.3 is 10.1 Å². The highest BCUT2D eigenvalue weighted by Crippen LogP contribution is 2.51. The Morgan fingerprint density at radius 1 is 0.842 bits per heavy atom. The maximum Gasteiger partial charge on any atom is 0.339 e. The van der Waals surface area contributed by atoms with Crippen molar-refractivity contribution in [2.24, 2.45) is 10.8 Å². The summed E-state index contributed by atoms with van der Waals surface area (Å²) in [5.74, 6) is -0.554. The van der Waals surface area contributed by atoms with Gasteiger partial charge in [-0.05, 0) is 60.4 Å². The number of allylic oxidation sites excluding steroid dienone is 4. The lowest BCUT2D eigenvalue weighted by Gasteiger charge is -2.44. The van der Waals surface area contributed by atoms with E-state index in [9.17, 15) is 18.0 Å². The van der Waals surface area contributed by atoms with E-state index in [4.69, 9.17) is 15.8 Å². The highest BCUT2D eigenvalue weighted by atomic mass is 35.5. The second-order valence-electron chi connectivity index (χ2n) is 12.3. The van der Waals surface area contributed by atoms with Crippen LogP contribution in [0.4, 0.5) is 0 Å². The quantitative estimate of drug-likeness (QED) is 0.441. The van der Waals surface area contributed by atoms with Crippen LogP contribution < -0.4 is 9.50 Å². The molecule has 0 amide bonds. The number of Topliss-reactive ketones (excluding diaryl/α,β-unsaturated/α-hetero) is 2. The third-order valence-electron chi connectivity index (χ3n) is 7.52. The molecule has 200 valence electrons. The van der Waals surface area contributed by atoms with Crippen LogP contribution in [0.25, 0.3) is 0 Å². The Hall–Kier alpha value is -2.90. The van der Waals surface area contributed by atoms with Gasteiger partial charge in [0.05, 0.1) is 5.02 Å². The second kappa shape index (κ2) is 9.09. The van der Waals surface area contributed by atoms with Crippen molar-refractivity contribution >= 4 is 33.3 Å². The molecule has 1 heterocycles. The lowest BCUT2D eigenvalue weighted by atomic mass is 9.64. The first-order chi connectivity index (χ1) is 17.7. The standard InChI is InChI=1S/C30H32ClNO5S/c1-17-6-9-19(10-7-17)38(35,36)37-25-11-8-18(12-20(25)31)26-27-21(13-29(2,3)15-23(27)33)32-22-14-30(4,5)16-24(34)28(22)26/h6-12,26,32H,13-16H2,1-5H3. The van der Waals surface area contributed by atoms with Crippen LogP contribution in [0.5, 0.6) is 5.75 Å². The van der Waals surface area contributed by atoms with Crippen molar-refractivity contribution in [2.75, 3.05) is 0 Å². The van der Waals surface area contributed by atoms with Crippen LogP contribution in [0.15, 0.2) is 69.9 Å². The van der Waals surface area contributed by atoms with Gasteiger partial charge in [-0.3, -0.25) is 9.59 Å². The number of halogens is 1. The van der Waals surface area contributed by atoms with Gasteiger partial charge in [-0.1, -0.05) is 63.1 Å². The number of benzene rings is 2. The third-order valence-corrected chi connectivity index (χ3v) is 9.06. The minimum Gasteiger partial charge on any atom is -0.377 e. The first-order valence-corrected chi connectivity index (χ1v) is 14.5. The van der Waals surface area contributed by atoms with E-state index in [1.807, 2.05) is 6.92 Å². The van der Waals surface area contributed by atoms with Gasteiger partial charge < -0.3 is 9.50 Å². The number of ketones is 2. The molecule has 8 heteroatoms. The number of aryl methyl sites for hydroxylation is 1. The molecule has 38 heavy (non-hydrogen) atoms. The number of hydrogen-bond donors (Lipinski definition) is 1. The molecule has 0 unspecified atom stereocenters. The molecule has 0 spiro atoms. The van der Waals surface area contributed by atoms with E-state index in [-0.39, 0.29) is 38.1 Å². The predicted octanol–water partition coefficient (Wildman–Crippen LogP) is 6.39. The minimum atomic E-state index is -4.09. The minimum absolute atomic E-state index is 0.0105. The topological polar surface area (TPSA) is 89.5 Å². The number of dihydropyridines is 1. The molecule has 6 nitrogen and oxygen atoms in total. The lowest BCUT2D eigenvalue weighted by Crippen LogP contribution is -2.42. The van der Waals surface area contributed by atoms with Crippen LogP contribution in [0.2, 0.25) is 5.02 Å².